The largest absolute Gasteiger partial charge is 0.381 e. The molecule has 1 aromatic rings. The van der Waals surface area contributed by atoms with Crippen molar-refractivity contribution in [3.8, 4) is 0 Å². The zero-order valence-corrected chi connectivity index (χ0v) is 14.3. The van der Waals surface area contributed by atoms with Crippen LogP contribution in [0.25, 0.3) is 0 Å². The Kier molecular flexibility index (Phi) is 5.79. The van der Waals surface area contributed by atoms with Crippen molar-refractivity contribution in [2.45, 2.75) is 37.4 Å². The highest BCUT2D eigenvalue weighted by Crippen LogP contribution is 2.29. The van der Waals surface area contributed by atoms with E-state index in [9.17, 15) is 8.42 Å². The van der Waals surface area contributed by atoms with Crippen LogP contribution in [0.1, 0.15) is 32.3 Å². The highest BCUT2D eigenvalue weighted by molar-refractivity contribution is 7.91. The Morgan fingerprint density at radius 1 is 1.38 bits per heavy atom. The molecule has 2 heterocycles. The molecule has 2 rings (SSSR count). The van der Waals surface area contributed by atoms with Crippen molar-refractivity contribution in [2.24, 2.45) is 5.41 Å². The van der Waals surface area contributed by atoms with Gasteiger partial charge in [-0.05, 0) is 41.8 Å². The van der Waals surface area contributed by atoms with Gasteiger partial charge in [-0.25, -0.2) is 13.1 Å². The predicted octanol–water partition coefficient (Wildman–Crippen LogP) is 1.95. The number of nitrogens with one attached hydrogen (secondary N) is 2. The summed E-state index contributed by atoms with van der Waals surface area (Å²) < 4.78 is 33.2. The third-order valence-electron chi connectivity index (χ3n) is 3.86. The van der Waals surface area contributed by atoms with Gasteiger partial charge in [0.1, 0.15) is 4.21 Å². The van der Waals surface area contributed by atoms with Crippen LogP contribution in [0, 0.1) is 5.41 Å². The fourth-order valence-corrected chi connectivity index (χ4v) is 4.69. The van der Waals surface area contributed by atoms with Gasteiger partial charge in [0, 0.05) is 26.3 Å². The van der Waals surface area contributed by atoms with Gasteiger partial charge in [0.05, 0.1) is 0 Å². The number of thiophene rings is 1. The van der Waals surface area contributed by atoms with Crippen molar-refractivity contribution in [1.29, 1.82) is 0 Å². The second-order valence-corrected chi connectivity index (χ2v) is 8.71. The quantitative estimate of drug-likeness (QED) is 0.801. The summed E-state index contributed by atoms with van der Waals surface area (Å²) in [4.78, 5) is 0. The van der Waals surface area contributed by atoms with Crippen LogP contribution in [0.3, 0.4) is 0 Å². The molecule has 1 aliphatic heterocycles. The molecule has 1 aromatic heterocycles. The first kappa shape index (κ1) is 16.9. The van der Waals surface area contributed by atoms with E-state index in [0.717, 1.165) is 24.9 Å². The van der Waals surface area contributed by atoms with Gasteiger partial charge in [0.15, 0.2) is 0 Å². The minimum absolute atomic E-state index is 0.00479. The molecule has 0 aromatic carbocycles. The zero-order chi connectivity index (χ0) is 15.3. The second-order valence-electron chi connectivity index (χ2n) is 5.80. The Morgan fingerprint density at radius 2 is 2.10 bits per heavy atom. The van der Waals surface area contributed by atoms with E-state index in [-0.39, 0.29) is 5.41 Å². The third-order valence-corrected chi connectivity index (χ3v) is 6.75. The fourth-order valence-electron chi connectivity index (χ4n) is 2.24. The normalized spacial score (nSPS) is 18.8. The Labute approximate surface area is 131 Å². The van der Waals surface area contributed by atoms with Crippen molar-refractivity contribution < 1.29 is 13.2 Å². The summed E-state index contributed by atoms with van der Waals surface area (Å²) in [7, 11) is -3.40. The minimum atomic E-state index is -3.40. The maximum absolute atomic E-state index is 12.4. The Bertz CT molecular complexity index is 548. The lowest BCUT2D eigenvalue weighted by Gasteiger charge is -2.33. The molecule has 0 bridgehead atoms. The topological polar surface area (TPSA) is 67.4 Å². The van der Waals surface area contributed by atoms with Crippen LogP contribution in [0.2, 0.25) is 0 Å². The summed E-state index contributed by atoms with van der Waals surface area (Å²) in [5.41, 5.74) is 1.01. The third kappa shape index (κ3) is 4.75. The Morgan fingerprint density at radius 3 is 2.76 bits per heavy atom. The molecule has 120 valence electrons. The summed E-state index contributed by atoms with van der Waals surface area (Å²) in [5.74, 6) is 0. The number of hydrogen-bond acceptors (Lipinski definition) is 5. The smallest absolute Gasteiger partial charge is 0.250 e. The van der Waals surface area contributed by atoms with Crippen LogP contribution in [0.5, 0.6) is 0 Å². The number of hydrogen-bond donors (Lipinski definition) is 2. The van der Waals surface area contributed by atoms with Crippen LogP contribution in [-0.2, 0) is 21.3 Å². The zero-order valence-electron chi connectivity index (χ0n) is 12.6. The van der Waals surface area contributed by atoms with Gasteiger partial charge in [0.2, 0.25) is 10.0 Å². The van der Waals surface area contributed by atoms with E-state index in [0.29, 0.717) is 30.5 Å². The Balaban J connectivity index is 1.96. The molecule has 0 saturated carbocycles. The number of sulfonamides is 1. The lowest BCUT2D eigenvalue weighted by atomic mass is 9.83. The Hall–Kier alpha value is -0.470. The minimum Gasteiger partial charge on any atom is -0.381 e. The van der Waals surface area contributed by atoms with E-state index in [1.807, 2.05) is 12.3 Å². The summed E-state index contributed by atoms with van der Waals surface area (Å²) in [6.07, 6.45) is 1.79. The summed E-state index contributed by atoms with van der Waals surface area (Å²) >= 11 is 1.28. The maximum atomic E-state index is 12.4. The van der Waals surface area contributed by atoms with Gasteiger partial charge in [-0.15, -0.1) is 11.3 Å². The fraction of sp³-hybridized carbons (Fsp3) is 0.714. The van der Waals surface area contributed by atoms with Gasteiger partial charge >= 0.3 is 0 Å². The van der Waals surface area contributed by atoms with Crippen LogP contribution in [0.4, 0.5) is 0 Å². The van der Waals surface area contributed by atoms with Crippen molar-refractivity contribution in [3.05, 3.63) is 17.0 Å². The molecule has 0 spiro atoms. The second kappa shape index (κ2) is 7.19. The van der Waals surface area contributed by atoms with Crippen molar-refractivity contribution in [1.82, 2.24) is 10.0 Å². The van der Waals surface area contributed by atoms with E-state index < -0.39 is 10.0 Å². The van der Waals surface area contributed by atoms with E-state index in [1.54, 1.807) is 6.07 Å². The standard InChI is InChI=1S/C14H24N2O3S2/c1-3-15-9-12-8-13(20-10-12)21(17,18)16-11-14(2)4-6-19-7-5-14/h8,10,15-16H,3-7,9,11H2,1-2H3. The van der Waals surface area contributed by atoms with Gasteiger partial charge < -0.3 is 10.1 Å². The van der Waals surface area contributed by atoms with E-state index in [2.05, 4.69) is 17.0 Å². The SMILES string of the molecule is CCNCc1csc(S(=O)(=O)NCC2(C)CCOCC2)c1. The molecule has 2 N–H and O–H groups in total. The van der Waals surface area contributed by atoms with Crippen LogP contribution in [-0.4, -0.2) is 34.7 Å². The van der Waals surface area contributed by atoms with E-state index in [1.165, 1.54) is 11.3 Å². The number of ether oxygens (including phenoxy) is 1. The average Bonchev–Trinajstić information content (AvgIpc) is 2.94. The lowest BCUT2D eigenvalue weighted by molar-refractivity contribution is 0.0265. The first-order valence-electron chi connectivity index (χ1n) is 7.31. The van der Waals surface area contributed by atoms with Crippen molar-refractivity contribution in [2.75, 3.05) is 26.3 Å². The maximum Gasteiger partial charge on any atom is 0.250 e. The van der Waals surface area contributed by atoms with Crippen LogP contribution in [0.15, 0.2) is 15.7 Å². The highest BCUT2D eigenvalue weighted by atomic mass is 32.2. The van der Waals surface area contributed by atoms with Crippen molar-refractivity contribution in [3.63, 3.8) is 0 Å². The summed E-state index contributed by atoms with van der Waals surface area (Å²) in [6, 6.07) is 1.75. The van der Waals surface area contributed by atoms with Crippen LogP contribution < -0.4 is 10.0 Å². The molecule has 0 radical (unpaired) electrons. The van der Waals surface area contributed by atoms with Gasteiger partial charge in [-0.3, -0.25) is 0 Å². The first-order chi connectivity index (χ1) is 9.95. The van der Waals surface area contributed by atoms with Gasteiger partial charge in [-0.1, -0.05) is 13.8 Å². The molecule has 21 heavy (non-hydrogen) atoms. The molecule has 1 aliphatic rings. The van der Waals surface area contributed by atoms with E-state index in [4.69, 9.17) is 4.74 Å². The molecule has 1 saturated heterocycles. The number of rotatable bonds is 7. The van der Waals surface area contributed by atoms with Gasteiger partial charge in [-0.2, -0.15) is 0 Å². The van der Waals surface area contributed by atoms with Crippen molar-refractivity contribution >= 4 is 21.4 Å². The first-order valence-corrected chi connectivity index (χ1v) is 9.67. The molecule has 1 fully saturated rings. The molecule has 0 amide bonds. The molecule has 0 atom stereocenters. The molecule has 0 aliphatic carbocycles. The molecular weight excluding hydrogens is 308 g/mol. The lowest BCUT2D eigenvalue weighted by Crippen LogP contribution is -2.39. The highest BCUT2D eigenvalue weighted by Gasteiger charge is 2.29. The molecular formula is C14H24N2O3S2. The van der Waals surface area contributed by atoms with E-state index >= 15 is 0 Å². The average molecular weight is 332 g/mol. The molecule has 0 unspecified atom stereocenters. The summed E-state index contributed by atoms with van der Waals surface area (Å²) in [5, 5.41) is 5.09. The summed E-state index contributed by atoms with van der Waals surface area (Å²) in [6.45, 7) is 7.62. The molecule has 7 heteroatoms. The predicted molar refractivity (Wildman–Crippen MR) is 85.0 cm³/mol. The molecule has 5 nitrogen and oxygen atoms in total. The van der Waals surface area contributed by atoms with Crippen LogP contribution >= 0.6 is 11.3 Å². The monoisotopic (exact) mass is 332 g/mol. The van der Waals surface area contributed by atoms with Gasteiger partial charge in [0.25, 0.3) is 0 Å².